The second kappa shape index (κ2) is 7.55. The Bertz CT molecular complexity index is 1110. The summed E-state index contributed by atoms with van der Waals surface area (Å²) in [4.78, 5) is 20.8. The zero-order valence-corrected chi connectivity index (χ0v) is 15.6. The minimum atomic E-state index is -2.62. The maximum absolute atomic E-state index is 12.4. The van der Waals surface area contributed by atoms with Crippen molar-refractivity contribution in [2.24, 2.45) is 0 Å². The molecule has 4 N–H and O–H groups in total. The number of nitrogens with one attached hydrogen (secondary N) is 2. The molecule has 3 aromatic rings. The Labute approximate surface area is 164 Å². The highest BCUT2D eigenvalue weighted by atomic mass is 19.3. The van der Waals surface area contributed by atoms with Crippen LogP contribution in [0.3, 0.4) is 0 Å². The monoisotopic (exact) mass is 399 g/mol. The molecule has 0 aliphatic carbocycles. The van der Waals surface area contributed by atoms with Crippen LogP contribution < -0.4 is 16.4 Å². The number of hydrogen-bond acceptors (Lipinski definition) is 6. The molecule has 0 bridgehead atoms. The highest BCUT2D eigenvalue weighted by molar-refractivity contribution is 6.01. The molecule has 4 heterocycles. The van der Waals surface area contributed by atoms with Gasteiger partial charge in [0.05, 0.1) is 29.5 Å². The highest BCUT2D eigenvalue weighted by Gasteiger charge is 2.20. The molecular weight excluding hydrogens is 380 g/mol. The largest absolute Gasteiger partial charge is 0.368 e. The quantitative estimate of drug-likeness (QED) is 0.615. The van der Waals surface area contributed by atoms with Gasteiger partial charge in [-0.1, -0.05) is 6.08 Å². The predicted octanol–water partition coefficient (Wildman–Crippen LogP) is 1.62. The molecule has 0 spiro atoms. The van der Waals surface area contributed by atoms with Gasteiger partial charge in [0, 0.05) is 30.5 Å². The molecule has 1 amide bonds. The number of carbonyl (C=O) groups is 1. The van der Waals surface area contributed by atoms with Gasteiger partial charge in [0.1, 0.15) is 0 Å². The van der Waals surface area contributed by atoms with Crippen LogP contribution in [0.4, 0.5) is 14.7 Å². The van der Waals surface area contributed by atoms with Crippen molar-refractivity contribution in [1.29, 1.82) is 0 Å². The molecule has 1 atom stereocenters. The van der Waals surface area contributed by atoms with Crippen molar-refractivity contribution in [3.63, 3.8) is 0 Å². The second-order valence-electron chi connectivity index (χ2n) is 6.74. The van der Waals surface area contributed by atoms with Crippen LogP contribution in [0.2, 0.25) is 0 Å². The van der Waals surface area contributed by atoms with Crippen molar-refractivity contribution in [2.45, 2.75) is 25.9 Å². The molecule has 0 radical (unpaired) electrons. The van der Waals surface area contributed by atoms with Crippen LogP contribution in [0, 0.1) is 0 Å². The first-order chi connectivity index (χ1) is 13.9. The number of aromatic nitrogens is 4. The van der Waals surface area contributed by atoms with E-state index in [9.17, 15) is 13.6 Å². The molecule has 29 heavy (non-hydrogen) atoms. The van der Waals surface area contributed by atoms with Gasteiger partial charge in [-0.2, -0.15) is 5.10 Å². The van der Waals surface area contributed by atoms with Crippen LogP contribution >= 0.6 is 0 Å². The minimum absolute atomic E-state index is 0.0652. The first-order valence-corrected chi connectivity index (χ1v) is 9.03. The maximum atomic E-state index is 12.4. The first kappa shape index (κ1) is 18.9. The summed E-state index contributed by atoms with van der Waals surface area (Å²) >= 11 is 0. The van der Waals surface area contributed by atoms with E-state index >= 15 is 0 Å². The Balaban J connectivity index is 1.78. The fourth-order valence-electron chi connectivity index (χ4n) is 3.29. The van der Waals surface area contributed by atoms with Gasteiger partial charge < -0.3 is 16.4 Å². The Morgan fingerprint density at radius 1 is 1.45 bits per heavy atom. The van der Waals surface area contributed by atoms with Crippen LogP contribution in [0.25, 0.3) is 11.1 Å². The van der Waals surface area contributed by atoms with Crippen LogP contribution in [0.1, 0.15) is 34.1 Å². The average molecular weight is 399 g/mol. The number of nitrogen functional groups attached to an aromatic ring is 1. The molecule has 0 aromatic carbocycles. The van der Waals surface area contributed by atoms with Gasteiger partial charge in [0.25, 0.3) is 12.3 Å². The molecule has 1 aliphatic rings. The van der Waals surface area contributed by atoms with Crippen molar-refractivity contribution in [3.8, 4) is 0 Å². The topological polar surface area (TPSA) is 110 Å². The summed E-state index contributed by atoms with van der Waals surface area (Å²) in [5, 5.41) is 9.69. The standard InChI is InChI=1S/C19H19F2N7O/c1-10-4-12(13-6-25-19(22)27-15(13)8-23-10)11-2-3-28-16(5-11)14(7-26-28)18(29)24-9-17(20)21/h2-7,10,17,23H,8-9H2,1H3,(H,24,29)(H2,22,25,27)/t10-/m1/s1. The average Bonchev–Trinajstić information content (AvgIpc) is 3.04. The minimum Gasteiger partial charge on any atom is -0.368 e. The molecule has 10 heteroatoms. The van der Waals surface area contributed by atoms with Crippen LogP contribution in [-0.2, 0) is 6.54 Å². The lowest BCUT2D eigenvalue weighted by Gasteiger charge is -2.11. The molecule has 0 saturated heterocycles. The van der Waals surface area contributed by atoms with Crippen molar-refractivity contribution in [1.82, 2.24) is 30.2 Å². The summed E-state index contributed by atoms with van der Waals surface area (Å²) in [7, 11) is 0. The molecule has 8 nitrogen and oxygen atoms in total. The van der Waals surface area contributed by atoms with Gasteiger partial charge >= 0.3 is 0 Å². The zero-order valence-electron chi connectivity index (χ0n) is 15.6. The summed E-state index contributed by atoms with van der Waals surface area (Å²) < 4.78 is 26.4. The summed E-state index contributed by atoms with van der Waals surface area (Å²) in [6, 6.07) is 3.73. The Morgan fingerprint density at radius 2 is 2.28 bits per heavy atom. The zero-order chi connectivity index (χ0) is 20.5. The Hall–Kier alpha value is -3.40. The van der Waals surface area contributed by atoms with E-state index < -0.39 is 18.9 Å². The van der Waals surface area contributed by atoms with Crippen molar-refractivity contribution in [3.05, 3.63) is 59.2 Å². The number of carbonyl (C=O) groups excluding carboxylic acids is 1. The number of anilines is 1. The van der Waals surface area contributed by atoms with Gasteiger partial charge in [-0.15, -0.1) is 0 Å². The Morgan fingerprint density at radius 3 is 3.07 bits per heavy atom. The molecular formula is C19H19F2N7O. The van der Waals surface area contributed by atoms with E-state index in [0.29, 0.717) is 12.1 Å². The van der Waals surface area contributed by atoms with Crippen molar-refractivity contribution < 1.29 is 13.6 Å². The number of hydrogen-bond donors (Lipinski definition) is 3. The third-order valence-electron chi connectivity index (χ3n) is 4.68. The molecule has 0 fully saturated rings. The van der Waals surface area contributed by atoms with Gasteiger partial charge in [-0.3, -0.25) is 4.79 Å². The van der Waals surface area contributed by atoms with E-state index in [2.05, 4.69) is 25.7 Å². The molecule has 0 saturated carbocycles. The molecule has 150 valence electrons. The van der Waals surface area contributed by atoms with Gasteiger partial charge in [0.2, 0.25) is 5.95 Å². The second-order valence-corrected chi connectivity index (χ2v) is 6.74. The third kappa shape index (κ3) is 3.79. The smallest absolute Gasteiger partial charge is 0.255 e. The molecule has 4 rings (SSSR count). The van der Waals surface area contributed by atoms with Gasteiger partial charge in [-0.05, 0) is 30.2 Å². The normalized spacial score (nSPS) is 16.4. The number of nitrogens with two attached hydrogens (primary N) is 1. The lowest BCUT2D eigenvalue weighted by Crippen LogP contribution is -2.28. The van der Waals surface area contributed by atoms with E-state index in [1.54, 1.807) is 18.5 Å². The summed E-state index contributed by atoms with van der Waals surface area (Å²) in [5.74, 6) is -0.400. The number of nitrogens with zero attached hydrogens (tertiary/aromatic N) is 4. The van der Waals surface area contributed by atoms with E-state index in [-0.39, 0.29) is 17.6 Å². The van der Waals surface area contributed by atoms with E-state index in [1.165, 1.54) is 10.7 Å². The van der Waals surface area contributed by atoms with E-state index in [1.807, 2.05) is 19.1 Å². The number of pyridine rings is 1. The van der Waals surface area contributed by atoms with Gasteiger partial charge in [0.15, 0.2) is 0 Å². The number of rotatable bonds is 4. The lowest BCUT2D eigenvalue weighted by atomic mass is 9.97. The molecule has 0 unspecified atom stereocenters. The number of halogens is 2. The number of fused-ring (bicyclic) bond motifs is 2. The summed E-state index contributed by atoms with van der Waals surface area (Å²) in [6.45, 7) is 1.85. The van der Waals surface area contributed by atoms with Crippen LogP contribution in [-0.4, -0.2) is 44.5 Å². The predicted molar refractivity (Wildman–Crippen MR) is 103 cm³/mol. The number of amides is 1. The highest BCUT2D eigenvalue weighted by Crippen LogP contribution is 2.29. The van der Waals surface area contributed by atoms with E-state index in [4.69, 9.17) is 5.73 Å². The summed E-state index contributed by atoms with van der Waals surface area (Å²) in [6.07, 6.45) is 4.19. The lowest BCUT2D eigenvalue weighted by molar-refractivity contribution is 0.0893. The molecule has 1 aliphatic heterocycles. The van der Waals surface area contributed by atoms with E-state index in [0.717, 1.165) is 22.4 Å². The van der Waals surface area contributed by atoms with Crippen molar-refractivity contribution in [2.75, 3.05) is 12.3 Å². The van der Waals surface area contributed by atoms with Crippen LogP contribution in [0.5, 0.6) is 0 Å². The first-order valence-electron chi connectivity index (χ1n) is 9.03. The SMILES string of the molecule is C[C@@H]1C=C(c2ccn3ncc(C(=O)NCC(F)F)c3c2)c2cnc(N)nc2CN1. The summed E-state index contributed by atoms with van der Waals surface area (Å²) in [5.41, 5.74) is 9.80. The van der Waals surface area contributed by atoms with Crippen LogP contribution in [0.15, 0.2) is 36.8 Å². The molecule has 3 aromatic heterocycles. The number of alkyl halides is 2. The van der Waals surface area contributed by atoms with Crippen molar-refractivity contribution >= 4 is 22.9 Å². The maximum Gasteiger partial charge on any atom is 0.255 e. The fourth-order valence-corrected chi connectivity index (χ4v) is 3.29. The third-order valence-corrected chi connectivity index (χ3v) is 4.68. The van der Waals surface area contributed by atoms with Gasteiger partial charge in [-0.25, -0.2) is 23.3 Å². The fraction of sp³-hybridized carbons (Fsp3) is 0.263. The Kier molecular flexibility index (Phi) is 4.93.